The van der Waals surface area contributed by atoms with Gasteiger partial charge in [-0.2, -0.15) is 17.4 Å². The fourth-order valence-electron chi connectivity index (χ4n) is 2.87. The van der Waals surface area contributed by atoms with Crippen LogP contribution >= 0.6 is 23.2 Å². The Morgan fingerprint density at radius 3 is 2.56 bits per heavy atom. The number of hydrogen-bond donors (Lipinski definition) is 2. The number of halogens is 2. The summed E-state index contributed by atoms with van der Waals surface area (Å²) < 4.78 is 35.5. The molecule has 2 N–H and O–H groups in total. The number of piperidine rings is 1. The van der Waals surface area contributed by atoms with E-state index in [1.807, 2.05) is 0 Å². The summed E-state index contributed by atoms with van der Waals surface area (Å²) in [5.41, 5.74) is -0.264. The molecular formula is C16H21Cl2N5O3S. The molecule has 2 heterocycles. The number of H-pyrrole nitrogens is 1. The first-order valence-corrected chi connectivity index (χ1v) is 10.6. The largest absolute Gasteiger partial charge is 0.490 e. The molecular weight excluding hydrogens is 413 g/mol. The van der Waals surface area contributed by atoms with Crippen molar-refractivity contribution in [2.45, 2.75) is 38.3 Å². The molecule has 1 fully saturated rings. The highest BCUT2D eigenvalue weighted by Gasteiger charge is 2.34. The molecule has 3 rings (SSSR count). The zero-order valence-corrected chi connectivity index (χ0v) is 17.3. The zero-order valence-electron chi connectivity index (χ0n) is 14.9. The summed E-state index contributed by atoms with van der Waals surface area (Å²) in [4.78, 5) is 0. The van der Waals surface area contributed by atoms with Crippen LogP contribution in [-0.2, 0) is 15.7 Å². The highest BCUT2D eigenvalue weighted by atomic mass is 35.5. The lowest BCUT2D eigenvalue weighted by Gasteiger charge is -2.34. The molecule has 1 saturated heterocycles. The Morgan fingerprint density at radius 1 is 1.26 bits per heavy atom. The SMILES string of the molecule is CC(C)(NS(=O)(=O)N1CCC(Oc2ccc(Cl)c(Cl)c2)CC1)c1cnn[nH]1. The van der Waals surface area contributed by atoms with Gasteiger partial charge in [0.2, 0.25) is 0 Å². The molecule has 0 radical (unpaired) electrons. The third-order valence-electron chi connectivity index (χ3n) is 4.41. The van der Waals surface area contributed by atoms with Gasteiger partial charge in [0, 0.05) is 19.2 Å². The summed E-state index contributed by atoms with van der Waals surface area (Å²) in [6.07, 6.45) is 2.57. The van der Waals surface area contributed by atoms with E-state index in [0.29, 0.717) is 47.4 Å². The molecule has 0 saturated carbocycles. The Balaban J connectivity index is 1.58. The van der Waals surface area contributed by atoms with Gasteiger partial charge in [-0.1, -0.05) is 28.4 Å². The Kier molecular flexibility index (Phi) is 5.97. The van der Waals surface area contributed by atoms with Gasteiger partial charge in [-0.3, -0.25) is 5.10 Å². The second-order valence-corrected chi connectivity index (χ2v) is 9.38. The Labute approximate surface area is 168 Å². The lowest BCUT2D eigenvalue weighted by atomic mass is 10.0. The molecule has 0 bridgehead atoms. The lowest BCUT2D eigenvalue weighted by Crippen LogP contribution is -2.52. The number of ether oxygens (including phenoxy) is 1. The molecule has 11 heteroatoms. The van der Waals surface area contributed by atoms with Gasteiger partial charge in [-0.05, 0) is 38.8 Å². The van der Waals surface area contributed by atoms with E-state index in [2.05, 4.69) is 20.1 Å². The normalized spacial score (nSPS) is 17.2. The van der Waals surface area contributed by atoms with Crippen molar-refractivity contribution in [1.82, 2.24) is 24.4 Å². The molecule has 1 aliphatic rings. The fraction of sp³-hybridized carbons (Fsp3) is 0.500. The van der Waals surface area contributed by atoms with E-state index >= 15 is 0 Å². The van der Waals surface area contributed by atoms with Crippen LogP contribution in [0.25, 0.3) is 0 Å². The van der Waals surface area contributed by atoms with Crippen molar-refractivity contribution >= 4 is 33.4 Å². The van der Waals surface area contributed by atoms with Crippen molar-refractivity contribution < 1.29 is 13.2 Å². The average Bonchev–Trinajstić information content (AvgIpc) is 3.13. The van der Waals surface area contributed by atoms with Gasteiger partial charge in [0.15, 0.2) is 0 Å². The van der Waals surface area contributed by atoms with Gasteiger partial charge in [0.1, 0.15) is 11.9 Å². The van der Waals surface area contributed by atoms with E-state index in [1.54, 1.807) is 32.0 Å². The van der Waals surface area contributed by atoms with Crippen molar-refractivity contribution in [2.75, 3.05) is 13.1 Å². The fourth-order valence-corrected chi connectivity index (χ4v) is 4.74. The third kappa shape index (κ3) is 4.91. The summed E-state index contributed by atoms with van der Waals surface area (Å²) in [6, 6.07) is 5.09. The van der Waals surface area contributed by atoms with E-state index < -0.39 is 15.7 Å². The summed E-state index contributed by atoms with van der Waals surface area (Å²) in [5.74, 6) is 0.622. The van der Waals surface area contributed by atoms with Crippen LogP contribution in [0.4, 0.5) is 0 Å². The lowest BCUT2D eigenvalue weighted by molar-refractivity contribution is 0.134. The summed E-state index contributed by atoms with van der Waals surface area (Å²) in [6.45, 7) is 4.22. The predicted molar refractivity (Wildman–Crippen MR) is 103 cm³/mol. The predicted octanol–water partition coefficient (Wildman–Crippen LogP) is 2.72. The van der Waals surface area contributed by atoms with Crippen LogP contribution in [0.15, 0.2) is 24.4 Å². The topological polar surface area (TPSA) is 100 Å². The second-order valence-electron chi connectivity index (χ2n) is 6.89. The van der Waals surface area contributed by atoms with Crippen LogP contribution in [0.2, 0.25) is 10.0 Å². The molecule has 27 heavy (non-hydrogen) atoms. The highest BCUT2D eigenvalue weighted by molar-refractivity contribution is 7.87. The standard InChI is InChI=1S/C16H21Cl2N5O3S/c1-16(2,15-10-19-22-20-15)21-27(24,25)23-7-5-11(6-8-23)26-12-3-4-13(17)14(18)9-12/h3-4,9-11,21H,5-8H2,1-2H3,(H,19,20,22). The van der Waals surface area contributed by atoms with Gasteiger partial charge in [-0.15, -0.1) is 5.10 Å². The van der Waals surface area contributed by atoms with E-state index in [0.717, 1.165) is 0 Å². The maximum absolute atomic E-state index is 12.7. The van der Waals surface area contributed by atoms with Crippen molar-refractivity contribution in [1.29, 1.82) is 0 Å². The smallest absolute Gasteiger partial charge is 0.280 e. The Morgan fingerprint density at radius 2 is 1.96 bits per heavy atom. The minimum absolute atomic E-state index is 0.0847. The minimum Gasteiger partial charge on any atom is -0.490 e. The van der Waals surface area contributed by atoms with Crippen molar-refractivity contribution in [3.8, 4) is 5.75 Å². The summed E-state index contributed by atoms with van der Waals surface area (Å²) in [5, 5.41) is 10.9. The Hall–Kier alpha value is -1.39. The second kappa shape index (κ2) is 7.92. The van der Waals surface area contributed by atoms with Crippen molar-refractivity contribution in [3.05, 3.63) is 40.1 Å². The van der Waals surface area contributed by atoms with Crippen LogP contribution in [0.3, 0.4) is 0 Å². The first-order valence-electron chi connectivity index (χ1n) is 8.45. The molecule has 0 amide bonds. The molecule has 2 aromatic rings. The highest BCUT2D eigenvalue weighted by Crippen LogP contribution is 2.28. The van der Waals surface area contributed by atoms with Crippen LogP contribution in [0, 0.1) is 0 Å². The molecule has 1 aromatic carbocycles. The van der Waals surface area contributed by atoms with Crippen molar-refractivity contribution in [2.24, 2.45) is 0 Å². The molecule has 1 aromatic heterocycles. The van der Waals surface area contributed by atoms with E-state index in [1.165, 1.54) is 10.5 Å². The van der Waals surface area contributed by atoms with Crippen molar-refractivity contribution in [3.63, 3.8) is 0 Å². The minimum atomic E-state index is -3.66. The van der Waals surface area contributed by atoms with Gasteiger partial charge >= 0.3 is 0 Å². The van der Waals surface area contributed by atoms with Gasteiger partial charge < -0.3 is 4.74 Å². The molecule has 0 atom stereocenters. The number of nitrogens with one attached hydrogen (secondary N) is 2. The maximum Gasteiger partial charge on any atom is 0.280 e. The summed E-state index contributed by atoms with van der Waals surface area (Å²) >= 11 is 11.9. The first kappa shape index (κ1) is 20.3. The number of aromatic amines is 1. The van der Waals surface area contributed by atoms with E-state index in [-0.39, 0.29) is 6.10 Å². The first-order chi connectivity index (χ1) is 12.7. The number of hydrogen-bond acceptors (Lipinski definition) is 5. The molecule has 0 spiro atoms. The molecule has 8 nitrogen and oxygen atoms in total. The number of benzene rings is 1. The number of rotatable bonds is 6. The zero-order chi connectivity index (χ0) is 19.7. The quantitative estimate of drug-likeness (QED) is 0.728. The Bertz CT molecular complexity index is 881. The van der Waals surface area contributed by atoms with E-state index in [9.17, 15) is 8.42 Å². The maximum atomic E-state index is 12.7. The third-order valence-corrected chi connectivity index (χ3v) is 6.96. The molecule has 0 unspecified atom stereocenters. The van der Waals surface area contributed by atoms with Crippen LogP contribution in [-0.4, -0.2) is 47.3 Å². The molecule has 0 aliphatic carbocycles. The molecule has 148 valence electrons. The summed E-state index contributed by atoms with van der Waals surface area (Å²) in [7, 11) is -3.66. The van der Waals surface area contributed by atoms with Gasteiger partial charge in [0.25, 0.3) is 10.2 Å². The average molecular weight is 434 g/mol. The van der Waals surface area contributed by atoms with Crippen LogP contribution in [0.1, 0.15) is 32.4 Å². The molecule has 1 aliphatic heterocycles. The number of nitrogens with zero attached hydrogens (tertiary/aromatic N) is 3. The monoisotopic (exact) mass is 433 g/mol. The number of aromatic nitrogens is 3. The van der Waals surface area contributed by atoms with E-state index in [4.69, 9.17) is 27.9 Å². The van der Waals surface area contributed by atoms with Gasteiger partial charge in [-0.25, -0.2) is 0 Å². The van der Waals surface area contributed by atoms with Gasteiger partial charge in [0.05, 0.1) is 27.5 Å². The van der Waals surface area contributed by atoms with Crippen LogP contribution < -0.4 is 9.46 Å². The van der Waals surface area contributed by atoms with Crippen LogP contribution in [0.5, 0.6) is 5.75 Å².